The Kier molecular flexibility index (Phi) is 6.65. The van der Waals surface area contributed by atoms with E-state index in [4.69, 9.17) is 4.74 Å². The fraction of sp³-hybridized carbons (Fsp3) is 0.310. The van der Waals surface area contributed by atoms with Gasteiger partial charge in [0.25, 0.3) is 5.91 Å². The molecule has 8 heteroatoms. The molecule has 0 radical (unpaired) electrons. The van der Waals surface area contributed by atoms with Crippen molar-refractivity contribution in [1.29, 1.82) is 0 Å². The predicted molar refractivity (Wildman–Crippen MR) is 147 cm³/mol. The van der Waals surface area contributed by atoms with Crippen LogP contribution in [0.4, 0.5) is 17.3 Å². The van der Waals surface area contributed by atoms with Crippen molar-refractivity contribution < 1.29 is 9.53 Å². The maximum atomic E-state index is 12.5. The van der Waals surface area contributed by atoms with Gasteiger partial charge in [-0.1, -0.05) is 6.07 Å². The monoisotopic (exact) mass is 496 g/mol. The maximum absolute atomic E-state index is 12.5. The van der Waals surface area contributed by atoms with Crippen molar-refractivity contribution in [2.45, 2.75) is 46.1 Å². The number of amides is 1. The highest BCUT2D eigenvalue weighted by molar-refractivity contribution is 5.95. The number of hydrogen-bond donors (Lipinski definition) is 2. The molecule has 0 spiro atoms. The summed E-state index contributed by atoms with van der Waals surface area (Å²) in [4.78, 5) is 28.3. The van der Waals surface area contributed by atoms with Crippen molar-refractivity contribution in [3.63, 3.8) is 0 Å². The summed E-state index contributed by atoms with van der Waals surface area (Å²) in [6.07, 6.45) is 5.75. The number of aromatic nitrogens is 3. The van der Waals surface area contributed by atoms with Gasteiger partial charge in [0.1, 0.15) is 29.5 Å². The summed E-state index contributed by atoms with van der Waals surface area (Å²) in [5, 5.41) is 7.35. The quantitative estimate of drug-likeness (QED) is 0.338. The number of hydrogen-bond acceptors (Lipinski definition) is 7. The molecule has 4 aromatic rings. The molecule has 190 valence electrons. The molecule has 0 atom stereocenters. The Morgan fingerprint density at radius 2 is 1.81 bits per heavy atom. The number of anilines is 3. The topological polar surface area (TPSA) is 92.3 Å². The van der Waals surface area contributed by atoms with Gasteiger partial charge in [-0.3, -0.25) is 4.79 Å². The molecule has 1 amide bonds. The molecular weight excluding hydrogens is 464 g/mol. The van der Waals surface area contributed by atoms with Gasteiger partial charge in [-0.05, 0) is 88.6 Å². The number of fused-ring (bicyclic) bond motifs is 1. The standard InChI is InChI=1S/C29H32N6O2/c1-19-14-21(10-11-25(19)37-22-9-7-8-20(15-22)28(36)34-29(2,3)4)33-27-23-16-26(35-12-5-6-13-35)30-17-24(23)31-18-32-27/h7-11,14-18H,5-6,12-13H2,1-4H3,(H,34,36)(H,31,32,33). The average Bonchev–Trinajstić information content (AvgIpc) is 3.40. The largest absolute Gasteiger partial charge is 0.457 e. The lowest BCUT2D eigenvalue weighted by molar-refractivity contribution is 0.0919. The average molecular weight is 497 g/mol. The van der Waals surface area contributed by atoms with Gasteiger partial charge in [-0.15, -0.1) is 0 Å². The predicted octanol–water partition coefficient (Wildman–Crippen LogP) is 6.00. The molecule has 0 bridgehead atoms. The van der Waals surface area contributed by atoms with Crippen molar-refractivity contribution in [1.82, 2.24) is 20.3 Å². The zero-order chi connectivity index (χ0) is 26.0. The van der Waals surface area contributed by atoms with E-state index in [9.17, 15) is 4.79 Å². The van der Waals surface area contributed by atoms with E-state index >= 15 is 0 Å². The lowest BCUT2D eigenvalue weighted by atomic mass is 10.1. The molecule has 1 saturated heterocycles. The van der Waals surface area contributed by atoms with E-state index in [1.807, 2.05) is 64.2 Å². The minimum absolute atomic E-state index is 0.130. The third kappa shape index (κ3) is 5.80. The van der Waals surface area contributed by atoms with Crippen LogP contribution in [0.3, 0.4) is 0 Å². The molecule has 8 nitrogen and oxygen atoms in total. The number of carbonyl (C=O) groups excluding carboxylic acids is 1. The summed E-state index contributed by atoms with van der Waals surface area (Å²) in [7, 11) is 0. The second-order valence-electron chi connectivity index (χ2n) is 10.4. The molecule has 3 heterocycles. The molecule has 1 aliphatic heterocycles. The van der Waals surface area contributed by atoms with E-state index in [1.54, 1.807) is 18.5 Å². The van der Waals surface area contributed by atoms with Gasteiger partial charge in [0.15, 0.2) is 0 Å². The Morgan fingerprint density at radius 3 is 2.57 bits per heavy atom. The van der Waals surface area contributed by atoms with Crippen LogP contribution in [0, 0.1) is 6.92 Å². The molecule has 2 aromatic carbocycles. The fourth-order valence-electron chi connectivity index (χ4n) is 4.39. The molecule has 0 unspecified atom stereocenters. The first-order valence-corrected chi connectivity index (χ1v) is 12.6. The lowest BCUT2D eigenvalue weighted by Gasteiger charge is -2.20. The molecule has 1 fully saturated rings. The van der Waals surface area contributed by atoms with E-state index in [1.165, 1.54) is 12.8 Å². The van der Waals surface area contributed by atoms with Gasteiger partial charge in [-0.25, -0.2) is 15.0 Å². The molecule has 5 rings (SSSR count). The molecule has 1 aliphatic rings. The maximum Gasteiger partial charge on any atom is 0.251 e. The van der Waals surface area contributed by atoms with Crippen molar-refractivity contribution in [2.75, 3.05) is 23.3 Å². The third-order valence-electron chi connectivity index (χ3n) is 6.19. The van der Waals surface area contributed by atoms with Gasteiger partial charge in [0.05, 0.1) is 11.7 Å². The van der Waals surface area contributed by atoms with E-state index in [0.29, 0.717) is 17.1 Å². The van der Waals surface area contributed by atoms with Crippen molar-refractivity contribution >= 4 is 34.1 Å². The Hall–Kier alpha value is -4.20. The summed E-state index contributed by atoms with van der Waals surface area (Å²) in [6, 6.07) is 15.2. The summed E-state index contributed by atoms with van der Waals surface area (Å²) >= 11 is 0. The first-order chi connectivity index (χ1) is 17.7. The lowest BCUT2D eigenvalue weighted by Crippen LogP contribution is -2.40. The number of carbonyl (C=O) groups is 1. The number of nitrogens with zero attached hydrogens (tertiary/aromatic N) is 4. The van der Waals surface area contributed by atoms with Gasteiger partial charge in [-0.2, -0.15) is 0 Å². The zero-order valence-electron chi connectivity index (χ0n) is 21.7. The second kappa shape index (κ2) is 10.0. The van der Waals surface area contributed by atoms with Gasteiger partial charge < -0.3 is 20.3 Å². The van der Waals surface area contributed by atoms with Crippen LogP contribution in [0.15, 0.2) is 61.1 Å². The Morgan fingerprint density at radius 1 is 1.00 bits per heavy atom. The van der Waals surface area contributed by atoms with Crippen LogP contribution in [0.25, 0.3) is 10.9 Å². The van der Waals surface area contributed by atoms with Crippen LogP contribution in [-0.2, 0) is 0 Å². The number of ether oxygens (including phenoxy) is 1. The summed E-state index contributed by atoms with van der Waals surface area (Å²) in [6.45, 7) is 9.91. The minimum atomic E-state index is -0.311. The van der Waals surface area contributed by atoms with E-state index in [0.717, 1.165) is 46.9 Å². The van der Waals surface area contributed by atoms with Gasteiger partial charge in [0.2, 0.25) is 0 Å². The van der Waals surface area contributed by atoms with Crippen LogP contribution >= 0.6 is 0 Å². The number of pyridine rings is 1. The van der Waals surface area contributed by atoms with E-state index < -0.39 is 0 Å². The van der Waals surface area contributed by atoms with Crippen LogP contribution in [0.2, 0.25) is 0 Å². The van der Waals surface area contributed by atoms with Gasteiger partial charge in [0, 0.05) is 35.3 Å². The number of benzene rings is 2. The van der Waals surface area contributed by atoms with Crippen molar-refractivity contribution in [2.24, 2.45) is 0 Å². The normalized spacial score (nSPS) is 13.6. The van der Waals surface area contributed by atoms with Crippen LogP contribution < -0.4 is 20.3 Å². The highest BCUT2D eigenvalue weighted by Gasteiger charge is 2.17. The fourth-order valence-corrected chi connectivity index (χ4v) is 4.39. The number of aryl methyl sites for hydroxylation is 1. The van der Waals surface area contributed by atoms with Crippen LogP contribution in [-0.4, -0.2) is 39.5 Å². The Bertz CT molecular complexity index is 1440. The minimum Gasteiger partial charge on any atom is -0.457 e. The van der Waals surface area contributed by atoms with Gasteiger partial charge >= 0.3 is 0 Å². The third-order valence-corrected chi connectivity index (χ3v) is 6.19. The molecule has 2 N–H and O–H groups in total. The number of nitrogens with one attached hydrogen (secondary N) is 2. The van der Waals surface area contributed by atoms with Crippen molar-refractivity contribution in [3.05, 3.63) is 72.2 Å². The van der Waals surface area contributed by atoms with Crippen molar-refractivity contribution in [3.8, 4) is 11.5 Å². The highest BCUT2D eigenvalue weighted by atomic mass is 16.5. The Balaban J connectivity index is 1.34. The summed E-state index contributed by atoms with van der Waals surface area (Å²) in [5.74, 6) is 2.88. The molecular formula is C29H32N6O2. The zero-order valence-corrected chi connectivity index (χ0v) is 21.7. The first-order valence-electron chi connectivity index (χ1n) is 12.6. The second-order valence-corrected chi connectivity index (χ2v) is 10.4. The smallest absolute Gasteiger partial charge is 0.251 e. The first kappa shape index (κ1) is 24.5. The SMILES string of the molecule is Cc1cc(Nc2ncnc3cnc(N4CCCC4)cc23)ccc1Oc1cccc(C(=O)NC(C)(C)C)c1. The summed E-state index contributed by atoms with van der Waals surface area (Å²) < 4.78 is 6.13. The Labute approximate surface area is 217 Å². The number of rotatable bonds is 6. The highest BCUT2D eigenvalue weighted by Crippen LogP contribution is 2.31. The molecule has 0 saturated carbocycles. The summed E-state index contributed by atoms with van der Waals surface area (Å²) in [5.41, 5.74) is 2.89. The molecule has 0 aliphatic carbocycles. The molecule has 2 aromatic heterocycles. The van der Waals surface area contributed by atoms with E-state index in [2.05, 4.69) is 36.6 Å². The van der Waals surface area contributed by atoms with Crippen LogP contribution in [0.1, 0.15) is 49.5 Å². The van der Waals surface area contributed by atoms with E-state index in [-0.39, 0.29) is 11.4 Å². The molecule has 37 heavy (non-hydrogen) atoms. The van der Waals surface area contributed by atoms with Crippen LogP contribution in [0.5, 0.6) is 11.5 Å².